The monoisotopic (exact) mass is 319 g/mol. The van der Waals surface area contributed by atoms with Crippen molar-refractivity contribution in [2.75, 3.05) is 12.5 Å². The van der Waals surface area contributed by atoms with E-state index in [0.717, 1.165) is 5.56 Å². The molecule has 6 heteroatoms. The van der Waals surface area contributed by atoms with Crippen LogP contribution < -0.4 is 14.8 Å². The molecular weight excluding hydrogens is 305 g/mol. The minimum absolute atomic E-state index is 0.147. The molecule has 22 heavy (non-hydrogen) atoms. The van der Waals surface area contributed by atoms with Gasteiger partial charge in [-0.15, -0.1) is 11.8 Å². The highest BCUT2D eigenvalue weighted by Gasteiger charge is 2.13. The van der Waals surface area contributed by atoms with Crippen LogP contribution in [0.15, 0.2) is 47.4 Å². The Kier molecular flexibility index (Phi) is 4.48. The molecule has 0 unspecified atom stereocenters. The van der Waals surface area contributed by atoms with E-state index in [0.29, 0.717) is 22.9 Å². The summed E-state index contributed by atoms with van der Waals surface area (Å²) in [6, 6.07) is 11.9. The van der Waals surface area contributed by atoms with Crippen LogP contribution in [0.25, 0.3) is 0 Å². The first-order chi connectivity index (χ1) is 10.7. The van der Waals surface area contributed by atoms with E-state index >= 15 is 0 Å². The van der Waals surface area contributed by atoms with Crippen molar-refractivity contribution in [2.24, 2.45) is 0 Å². The molecule has 3 rings (SSSR count). The molecule has 0 fully saturated rings. The van der Waals surface area contributed by atoms with Crippen LogP contribution in [0, 0.1) is 5.82 Å². The average Bonchev–Trinajstić information content (AvgIpc) is 2.99. The molecule has 2 aromatic rings. The van der Waals surface area contributed by atoms with Gasteiger partial charge in [-0.3, -0.25) is 4.79 Å². The first-order valence-corrected chi connectivity index (χ1v) is 7.73. The van der Waals surface area contributed by atoms with Gasteiger partial charge in [-0.1, -0.05) is 18.2 Å². The van der Waals surface area contributed by atoms with Gasteiger partial charge < -0.3 is 14.8 Å². The number of carbonyl (C=O) groups excluding carboxylic acids is 1. The zero-order valence-electron chi connectivity index (χ0n) is 11.7. The number of hydrogen-bond donors (Lipinski definition) is 1. The van der Waals surface area contributed by atoms with E-state index in [4.69, 9.17) is 9.47 Å². The molecule has 0 radical (unpaired) electrons. The van der Waals surface area contributed by atoms with Crippen LogP contribution in [-0.2, 0) is 11.3 Å². The van der Waals surface area contributed by atoms with Gasteiger partial charge in [0.1, 0.15) is 5.82 Å². The van der Waals surface area contributed by atoms with Gasteiger partial charge in [0.15, 0.2) is 11.5 Å². The molecule has 1 heterocycles. The zero-order valence-corrected chi connectivity index (χ0v) is 12.5. The number of amides is 1. The second-order valence-electron chi connectivity index (χ2n) is 4.68. The van der Waals surface area contributed by atoms with E-state index in [2.05, 4.69) is 5.32 Å². The summed E-state index contributed by atoms with van der Waals surface area (Å²) in [5.74, 6) is 1.12. The number of nitrogens with one attached hydrogen (secondary N) is 1. The standard InChI is InChI=1S/C16H14FNO3S/c17-12-3-1-2-4-15(12)22-9-16(19)18-8-11-5-6-13-14(7-11)21-10-20-13/h1-7H,8-10H2,(H,18,19). The third kappa shape index (κ3) is 3.51. The maximum atomic E-state index is 13.4. The van der Waals surface area contributed by atoms with Crippen molar-refractivity contribution in [1.29, 1.82) is 0 Å². The van der Waals surface area contributed by atoms with Crippen LogP contribution in [-0.4, -0.2) is 18.5 Å². The minimum Gasteiger partial charge on any atom is -0.454 e. The van der Waals surface area contributed by atoms with Crippen LogP contribution in [0.1, 0.15) is 5.56 Å². The van der Waals surface area contributed by atoms with Gasteiger partial charge in [-0.25, -0.2) is 4.39 Å². The van der Waals surface area contributed by atoms with Crippen molar-refractivity contribution in [1.82, 2.24) is 5.32 Å². The fraction of sp³-hybridized carbons (Fsp3) is 0.188. The summed E-state index contributed by atoms with van der Waals surface area (Å²) in [5.41, 5.74) is 0.925. The summed E-state index contributed by atoms with van der Waals surface area (Å²) in [7, 11) is 0. The molecule has 1 N–H and O–H groups in total. The van der Waals surface area contributed by atoms with Crippen LogP contribution >= 0.6 is 11.8 Å². The van der Waals surface area contributed by atoms with Gasteiger partial charge >= 0.3 is 0 Å². The summed E-state index contributed by atoms with van der Waals surface area (Å²) in [6.45, 7) is 0.623. The summed E-state index contributed by atoms with van der Waals surface area (Å²) in [5, 5.41) is 2.80. The average molecular weight is 319 g/mol. The quantitative estimate of drug-likeness (QED) is 0.861. The van der Waals surface area contributed by atoms with Crippen LogP contribution in [0.2, 0.25) is 0 Å². The second-order valence-corrected chi connectivity index (χ2v) is 5.70. The second kappa shape index (κ2) is 6.70. The first-order valence-electron chi connectivity index (χ1n) is 6.75. The molecule has 1 aliphatic heterocycles. The van der Waals surface area contributed by atoms with E-state index < -0.39 is 0 Å². The number of carbonyl (C=O) groups is 1. The van der Waals surface area contributed by atoms with Crippen LogP contribution in [0.3, 0.4) is 0 Å². The van der Waals surface area contributed by atoms with Gasteiger partial charge in [-0.2, -0.15) is 0 Å². The Morgan fingerprint density at radius 2 is 2.00 bits per heavy atom. The maximum absolute atomic E-state index is 13.4. The number of thioether (sulfide) groups is 1. The fourth-order valence-corrected chi connectivity index (χ4v) is 2.78. The van der Waals surface area contributed by atoms with Crippen LogP contribution in [0.4, 0.5) is 4.39 Å². The SMILES string of the molecule is O=C(CSc1ccccc1F)NCc1ccc2c(c1)OCO2. The number of ether oxygens (including phenoxy) is 2. The molecule has 0 aromatic heterocycles. The summed E-state index contributed by atoms with van der Waals surface area (Å²) < 4.78 is 24.0. The number of hydrogen-bond acceptors (Lipinski definition) is 4. The van der Waals surface area contributed by atoms with Crippen molar-refractivity contribution >= 4 is 17.7 Å². The van der Waals surface area contributed by atoms with Crippen molar-refractivity contribution in [3.05, 3.63) is 53.8 Å². The van der Waals surface area contributed by atoms with E-state index in [-0.39, 0.29) is 24.3 Å². The van der Waals surface area contributed by atoms with E-state index in [1.54, 1.807) is 18.2 Å². The number of rotatable bonds is 5. The van der Waals surface area contributed by atoms with Gasteiger partial charge in [0, 0.05) is 11.4 Å². The molecule has 114 valence electrons. The topological polar surface area (TPSA) is 47.6 Å². The predicted molar refractivity (Wildman–Crippen MR) is 81.5 cm³/mol. The molecule has 0 saturated heterocycles. The third-order valence-electron chi connectivity index (χ3n) is 3.12. The van der Waals surface area contributed by atoms with Crippen molar-refractivity contribution in [2.45, 2.75) is 11.4 Å². The lowest BCUT2D eigenvalue weighted by atomic mass is 10.2. The molecule has 0 bridgehead atoms. The predicted octanol–water partition coefficient (Wildman–Crippen LogP) is 2.96. The molecule has 0 spiro atoms. The summed E-state index contributed by atoms with van der Waals surface area (Å²) >= 11 is 1.18. The normalized spacial score (nSPS) is 12.2. The van der Waals surface area contributed by atoms with Gasteiger partial charge in [0.2, 0.25) is 12.7 Å². The zero-order chi connectivity index (χ0) is 15.4. The number of fused-ring (bicyclic) bond motifs is 1. The number of benzene rings is 2. The van der Waals surface area contributed by atoms with Crippen molar-refractivity contribution in [3.63, 3.8) is 0 Å². The lowest BCUT2D eigenvalue weighted by Gasteiger charge is -2.06. The molecule has 0 saturated carbocycles. The lowest BCUT2D eigenvalue weighted by Crippen LogP contribution is -2.24. The van der Waals surface area contributed by atoms with E-state index in [1.165, 1.54) is 17.8 Å². The first kappa shape index (κ1) is 14.7. The Balaban J connectivity index is 1.49. The highest BCUT2D eigenvalue weighted by molar-refractivity contribution is 8.00. The Morgan fingerprint density at radius 3 is 2.86 bits per heavy atom. The number of halogens is 1. The van der Waals surface area contributed by atoms with E-state index in [9.17, 15) is 9.18 Å². The third-order valence-corrected chi connectivity index (χ3v) is 4.17. The molecule has 0 atom stereocenters. The highest BCUT2D eigenvalue weighted by Crippen LogP contribution is 2.32. The summed E-state index contributed by atoms with van der Waals surface area (Å²) in [6.07, 6.45) is 0. The molecule has 1 aliphatic rings. The maximum Gasteiger partial charge on any atom is 0.231 e. The Morgan fingerprint density at radius 1 is 1.18 bits per heavy atom. The Labute approximate surface area is 131 Å². The lowest BCUT2D eigenvalue weighted by molar-refractivity contribution is -0.118. The highest BCUT2D eigenvalue weighted by atomic mass is 32.2. The molecule has 0 aliphatic carbocycles. The molecule has 4 nitrogen and oxygen atoms in total. The molecule has 2 aromatic carbocycles. The summed E-state index contributed by atoms with van der Waals surface area (Å²) in [4.78, 5) is 12.3. The Hall–Kier alpha value is -2.21. The Bertz CT molecular complexity index is 693. The van der Waals surface area contributed by atoms with E-state index in [1.807, 2.05) is 18.2 Å². The molecular formula is C16H14FNO3S. The fourth-order valence-electron chi connectivity index (χ4n) is 2.01. The van der Waals surface area contributed by atoms with Crippen molar-refractivity contribution in [3.8, 4) is 11.5 Å². The molecule has 1 amide bonds. The smallest absolute Gasteiger partial charge is 0.231 e. The van der Waals surface area contributed by atoms with Gasteiger partial charge in [0.05, 0.1) is 5.75 Å². The van der Waals surface area contributed by atoms with Gasteiger partial charge in [0.25, 0.3) is 0 Å². The largest absolute Gasteiger partial charge is 0.454 e. The van der Waals surface area contributed by atoms with Crippen molar-refractivity contribution < 1.29 is 18.7 Å². The van der Waals surface area contributed by atoms with Gasteiger partial charge in [-0.05, 0) is 29.8 Å². The minimum atomic E-state index is -0.309. The van der Waals surface area contributed by atoms with Crippen LogP contribution in [0.5, 0.6) is 11.5 Å².